The first-order valence-electron chi connectivity index (χ1n) is 8.17. The lowest BCUT2D eigenvalue weighted by Gasteiger charge is -2.18. The standard InChI is InChI=1S/C20H12N2O6/c23-17(16-6-3-9-28-16)21-14-4-1-2-5-15(14)22-18(24)12-8-7-11(20(26)27)10-13(12)19(22)25/h1-10H,(H,21,23)(H,26,27). The highest BCUT2D eigenvalue weighted by atomic mass is 16.4. The van der Waals surface area contributed by atoms with Crippen LogP contribution in [0.25, 0.3) is 0 Å². The highest BCUT2D eigenvalue weighted by Gasteiger charge is 2.38. The van der Waals surface area contributed by atoms with E-state index in [2.05, 4.69) is 5.32 Å². The van der Waals surface area contributed by atoms with Crippen molar-refractivity contribution in [1.82, 2.24) is 0 Å². The number of carbonyl (C=O) groups is 4. The number of amides is 3. The van der Waals surface area contributed by atoms with Gasteiger partial charge in [-0.15, -0.1) is 0 Å². The number of furan rings is 1. The molecule has 0 fully saturated rings. The summed E-state index contributed by atoms with van der Waals surface area (Å²) in [6.45, 7) is 0. The van der Waals surface area contributed by atoms with Gasteiger partial charge in [0.15, 0.2) is 5.76 Å². The zero-order valence-corrected chi connectivity index (χ0v) is 14.2. The molecule has 138 valence electrons. The summed E-state index contributed by atoms with van der Waals surface area (Å²) in [4.78, 5) is 50.0. The lowest BCUT2D eigenvalue weighted by atomic mass is 10.1. The lowest BCUT2D eigenvalue weighted by Crippen LogP contribution is -2.30. The van der Waals surface area contributed by atoms with E-state index in [9.17, 15) is 19.2 Å². The Hall–Kier alpha value is -4.20. The number of carboxylic acids is 1. The van der Waals surface area contributed by atoms with Gasteiger partial charge < -0.3 is 14.8 Å². The molecule has 1 aliphatic rings. The first-order chi connectivity index (χ1) is 13.5. The Labute approximate surface area is 158 Å². The van der Waals surface area contributed by atoms with Gasteiger partial charge in [0.25, 0.3) is 17.7 Å². The number of rotatable bonds is 4. The molecule has 2 aromatic carbocycles. The number of carboxylic acid groups (broad SMARTS) is 1. The van der Waals surface area contributed by atoms with Crippen molar-refractivity contribution < 1.29 is 28.7 Å². The Kier molecular flexibility index (Phi) is 4.00. The minimum atomic E-state index is -1.20. The largest absolute Gasteiger partial charge is 0.478 e. The van der Waals surface area contributed by atoms with Crippen LogP contribution >= 0.6 is 0 Å². The van der Waals surface area contributed by atoms with Crippen molar-refractivity contribution in [3.63, 3.8) is 0 Å². The van der Waals surface area contributed by atoms with Crippen LogP contribution in [0.2, 0.25) is 0 Å². The van der Waals surface area contributed by atoms with Gasteiger partial charge in [-0.05, 0) is 42.5 Å². The normalized spacial score (nSPS) is 12.8. The van der Waals surface area contributed by atoms with Crippen LogP contribution in [0.15, 0.2) is 65.3 Å². The van der Waals surface area contributed by atoms with Gasteiger partial charge in [0.2, 0.25) is 0 Å². The molecule has 0 saturated carbocycles. The van der Waals surface area contributed by atoms with Crippen LogP contribution in [-0.4, -0.2) is 28.8 Å². The summed E-state index contributed by atoms with van der Waals surface area (Å²) in [7, 11) is 0. The number of benzene rings is 2. The Balaban J connectivity index is 1.72. The smallest absolute Gasteiger partial charge is 0.335 e. The summed E-state index contributed by atoms with van der Waals surface area (Å²) < 4.78 is 5.05. The molecule has 0 aliphatic carbocycles. The van der Waals surface area contributed by atoms with Gasteiger partial charge in [0.1, 0.15) is 0 Å². The Bertz CT molecular complexity index is 1130. The molecule has 0 bridgehead atoms. The minimum Gasteiger partial charge on any atom is -0.478 e. The second kappa shape index (κ2) is 6.51. The second-order valence-electron chi connectivity index (χ2n) is 5.96. The molecule has 3 amide bonds. The topological polar surface area (TPSA) is 117 Å². The van der Waals surface area contributed by atoms with Gasteiger partial charge in [-0.3, -0.25) is 14.4 Å². The highest BCUT2D eigenvalue weighted by molar-refractivity contribution is 6.35. The molecule has 0 radical (unpaired) electrons. The number of imide groups is 1. The maximum atomic E-state index is 12.8. The fourth-order valence-corrected chi connectivity index (χ4v) is 2.96. The maximum absolute atomic E-state index is 12.8. The Morgan fingerprint density at radius 3 is 2.39 bits per heavy atom. The Morgan fingerprint density at radius 1 is 0.929 bits per heavy atom. The average Bonchev–Trinajstić information content (AvgIpc) is 3.30. The number of hydrogen-bond donors (Lipinski definition) is 2. The van der Waals surface area contributed by atoms with E-state index in [0.29, 0.717) is 0 Å². The van der Waals surface area contributed by atoms with Crippen LogP contribution in [-0.2, 0) is 0 Å². The molecule has 3 aromatic rings. The van der Waals surface area contributed by atoms with Crippen molar-refractivity contribution in [1.29, 1.82) is 0 Å². The highest BCUT2D eigenvalue weighted by Crippen LogP contribution is 2.34. The number of para-hydroxylation sites is 2. The lowest BCUT2D eigenvalue weighted by molar-refractivity contribution is 0.0696. The number of hydrogen-bond acceptors (Lipinski definition) is 5. The quantitative estimate of drug-likeness (QED) is 0.676. The molecular formula is C20H12N2O6. The van der Waals surface area contributed by atoms with Crippen molar-refractivity contribution in [2.45, 2.75) is 0 Å². The van der Waals surface area contributed by atoms with E-state index in [0.717, 1.165) is 4.90 Å². The predicted octanol–water partition coefficient (Wildman–Crippen LogP) is 3.03. The third-order valence-electron chi connectivity index (χ3n) is 4.27. The van der Waals surface area contributed by atoms with E-state index >= 15 is 0 Å². The van der Waals surface area contributed by atoms with Gasteiger partial charge in [0, 0.05) is 0 Å². The van der Waals surface area contributed by atoms with Gasteiger partial charge in [-0.2, -0.15) is 0 Å². The fraction of sp³-hybridized carbons (Fsp3) is 0. The monoisotopic (exact) mass is 376 g/mol. The average molecular weight is 376 g/mol. The summed E-state index contributed by atoms with van der Waals surface area (Å²) in [6.07, 6.45) is 1.35. The molecule has 4 rings (SSSR count). The summed E-state index contributed by atoms with van der Waals surface area (Å²) in [5.41, 5.74) is 0.405. The predicted molar refractivity (Wildman–Crippen MR) is 97.6 cm³/mol. The molecule has 8 heteroatoms. The molecule has 1 aliphatic heterocycles. The maximum Gasteiger partial charge on any atom is 0.335 e. The van der Waals surface area contributed by atoms with E-state index in [-0.39, 0.29) is 33.8 Å². The van der Waals surface area contributed by atoms with Crippen LogP contribution in [0.3, 0.4) is 0 Å². The molecule has 28 heavy (non-hydrogen) atoms. The second-order valence-corrected chi connectivity index (χ2v) is 5.96. The van der Waals surface area contributed by atoms with Gasteiger partial charge in [-0.1, -0.05) is 12.1 Å². The third-order valence-corrected chi connectivity index (χ3v) is 4.27. The number of fused-ring (bicyclic) bond motifs is 1. The summed E-state index contributed by atoms with van der Waals surface area (Å²) in [6, 6.07) is 13.1. The number of carbonyl (C=O) groups excluding carboxylic acids is 3. The summed E-state index contributed by atoms with van der Waals surface area (Å²) in [5.74, 6) is -2.93. The SMILES string of the molecule is O=C(O)c1ccc2c(c1)C(=O)N(c1ccccc1NC(=O)c1ccco1)C2=O. The first kappa shape index (κ1) is 17.2. The molecule has 2 N–H and O–H groups in total. The van der Waals surface area contributed by atoms with Crippen molar-refractivity contribution in [2.75, 3.05) is 10.2 Å². The number of aromatic carboxylic acids is 1. The van der Waals surface area contributed by atoms with Gasteiger partial charge >= 0.3 is 5.97 Å². The van der Waals surface area contributed by atoms with Crippen LogP contribution < -0.4 is 10.2 Å². The van der Waals surface area contributed by atoms with Crippen LogP contribution in [0, 0.1) is 0 Å². The van der Waals surface area contributed by atoms with Crippen molar-refractivity contribution in [2.24, 2.45) is 0 Å². The third kappa shape index (κ3) is 2.73. The molecule has 8 nitrogen and oxygen atoms in total. The molecular weight excluding hydrogens is 364 g/mol. The molecule has 0 spiro atoms. The van der Waals surface area contributed by atoms with E-state index < -0.39 is 23.7 Å². The molecule has 0 saturated heterocycles. The van der Waals surface area contributed by atoms with Crippen molar-refractivity contribution in [3.05, 3.63) is 83.3 Å². The summed E-state index contributed by atoms with van der Waals surface area (Å²) in [5, 5.41) is 11.7. The number of nitrogens with zero attached hydrogens (tertiary/aromatic N) is 1. The van der Waals surface area contributed by atoms with Gasteiger partial charge in [0.05, 0.1) is 34.3 Å². The van der Waals surface area contributed by atoms with Gasteiger partial charge in [-0.25, -0.2) is 9.69 Å². The van der Waals surface area contributed by atoms with E-state index in [1.54, 1.807) is 24.3 Å². The van der Waals surface area contributed by atoms with Crippen molar-refractivity contribution >= 4 is 35.1 Å². The van der Waals surface area contributed by atoms with E-state index in [4.69, 9.17) is 9.52 Å². The zero-order chi connectivity index (χ0) is 19.8. The fourth-order valence-electron chi connectivity index (χ4n) is 2.96. The van der Waals surface area contributed by atoms with E-state index in [1.807, 2.05) is 0 Å². The number of anilines is 2. The van der Waals surface area contributed by atoms with Crippen LogP contribution in [0.5, 0.6) is 0 Å². The summed E-state index contributed by atoms with van der Waals surface area (Å²) >= 11 is 0. The zero-order valence-electron chi connectivity index (χ0n) is 14.2. The number of nitrogens with one attached hydrogen (secondary N) is 1. The van der Waals surface area contributed by atoms with Crippen molar-refractivity contribution in [3.8, 4) is 0 Å². The van der Waals surface area contributed by atoms with E-state index in [1.165, 1.54) is 36.6 Å². The Morgan fingerprint density at radius 2 is 1.68 bits per heavy atom. The molecule has 0 unspecified atom stereocenters. The molecule has 0 atom stereocenters. The first-order valence-corrected chi connectivity index (χ1v) is 8.17. The van der Waals surface area contributed by atoms with Crippen LogP contribution in [0.4, 0.5) is 11.4 Å². The minimum absolute atomic E-state index is 0.00272. The van der Waals surface area contributed by atoms with Crippen LogP contribution in [0.1, 0.15) is 41.6 Å². The molecule has 2 heterocycles. The molecule has 1 aromatic heterocycles.